The first-order valence-corrected chi connectivity index (χ1v) is 6.23. The van der Waals surface area contributed by atoms with Crippen LogP contribution < -0.4 is 15.5 Å². The van der Waals surface area contributed by atoms with E-state index in [0.717, 1.165) is 12.2 Å². The molecular formula is C11H11BrFN3O. The standard InChI is InChI=1S/C11H11BrFN3O/c12-6-3-8-9(4-7(6)13)16-2-1-14-5-10(16)11(17)15-8/h3-4,10,14H,1-2,5H2,(H,15,17). The molecule has 0 bridgehead atoms. The Morgan fingerprint density at radius 1 is 1.47 bits per heavy atom. The zero-order valence-corrected chi connectivity index (χ0v) is 10.6. The lowest BCUT2D eigenvalue weighted by atomic mass is 10.1. The first-order valence-electron chi connectivity index (χ1n) is 5.44. The smallest absolute Gasteiger partial charge is 0.248 e. The lowest BCUT2D eigenvalue weighted by molar-refractivity contribution is -0.117. The number of carbonyl (C=O) groups excluding carboxylic acids is 1. The number of fused-ring (bicyclic) bond motifs is 3. The third-order valence-corrected chi connectivity index (χ3v) is 3.76. The van der Waals surface area contributed by atoms with Gasteiger partial charge < -0.3 is 15.5 Å². The highest BCUT2D eigenvalue weighted by Crippen LogP contribution is 2.36. The Labute approximate surface area is 106 Å². The van der Waals surface area contributed by atoms with Crippen molar-refractivity contribution in [1.82, 2.24) is 5.32 Å². The Balaban J connectivity index is 2.10. The van der Waals surface area contributed by atoms with Crippen LogP contribution in [0, 0.1) is 5.82 Å². The second kappa shape index (κ2) is 3.96. The molecule has 2 aliphatic rings. The summed E-state index contributed by atoms with van der Waals surface area (Å²) in [5, 5.41) is 5.98. The molecule has 0 radical (unpaired) electrons. The molecule has 17 heavy (non-hydrogen) atoms. The Bertz CT molecular complexity index is 494. The molecule has 2 heterocycles. The molecule has 0 aliphatic carbocycles. The molecule has 0 spiro atoms. The van der Waals surface area contributed by atoms with Gasteiger partial charge in [-0.05, 0) is 22.0 Å². The van der Waals surface area contributed by atoms with Gasteiger partial charge in [0.1, 0.15) is 11.9 Å². The Morgan fingerprint density at radius 2 is 2.29 bits per heavy atom. The average Bonchev–Trinajstić information content (AvgIpc) is 2.32. The van der Waals surface area contributed by atoms with Gasteiger partial charge in [0.25, 0.3) is 0 Å². The van der Waals surface area contributed by atoms with Crippen LogP contribution in [0.3, 0.4) is 0 Å². The monoisotopic (exact) mass is 299 g/mol. The summed E-state index contributed by atoms with van der Waals surface area (Å²) in [4.78, 5) is 13.8. The normalized spacial score (nSPS) is 22.8. The fourth-order valence-corrected chi connectivity index (χ4v) is 2.66. The van der Waals surface area contributed by atoms with Crippen molar-refractivity contribution >= 4 is 33.2 Å². The maximum absolute atomic E-state index is 13.6. The molecule has 90 valence electrons. The maximum atomic E-state index is 13.6. The number of halogens is 2. The van der Waals surface area contributed by atoms with Crippen molar-refractivity contribution in [2.45, 2.75) is 6.04 Å². The van der Waals surface area contributed by atoms with E-state index in [1.165, 1.54) is 6.07 Å². The van der Waals surface area contributed by atoms with Crippen molar-refractivity contribution in [3.63, 3.8) is 0 Å². The van der Waals surface area contributed by atoms with Crippen LogP contribution in [0.2, 0.25) is 0 Å². The molecule has 2 N–H and O–H groups in total. The zero-order valence-electron chi connectivity index (χ0n) is 8.96. The minimum Gasteiger partial charge on any atom is -0.355 e. The number of anilines is 2. The van der Waals surface area contributed by atoms with Crippen molar-refractivity contribution in [1.29, 1.82) is 0 Å². The summed E-state index contributed by atoms with van der Waals surface area (Å²) < 4.78 is 13.9. The summed E-state index contributed by atoms with van der Waals surface area (Å²) in [7, 11) is 0. The lowest BCUT2D eigenvalue weighted by Gasteiger charge is -2.41. The molecule has 1 unspecified atom stereocenters. The van der Waals surface area contributed by atoms with E-state index in [2.05, 4.69) is 26.6 Å². The van der Waals surface area contributed by atoms with Gasteiger partial charge in [-0.25, -0.2) is 4.39 Å². The fourth-order valence-electron chi connectivity index (χ4n) is 2.32. The quantitative estimate of drug-likeness (QED) is 0.759. The molecule has 4 nitrogen and oxygen atoms in total. The van der Waals surface area contributed by atoms with E-state index in [-0.39, 0.29) is 17.8 Å². The average molecular weight is 300 g/mol. The van der Waals surface area contributed by atoms with Gasteiger partial charge in [-0.2, -0.15) is 0 Å². The molecule has 0 aromatic heterocycles. The van der Waals surface area contributed by atoms with E-state index in [9.17, 15) is 9.18 Å². The number of hydrogen-bond donors (Lipinski definition) is 2. The Hall–Kier alpha value is -1.14. The van der Waals surface area contributed by atoms with Crippen LogP contribution in [0.4, 0.5) is 15.8 Å². The fraction of sp³-hybridized carbons (Fsp3) is 0.364. The van der Waals surface area contributed by atoms with Crippen LogP contribution in [0.1, 0.15) is 0 Å². The number of nitrogens with zero attached hydrogens (tertiary/aromatic N) is 1. The summed E-state index contributed by atoms with van der Waals surface area (Å²) >= 11 is 3.13. The van der Waals surface area contributed by atoms with E-state index in [1.54, 1.807) is 6.07 Å². The second-order valence-electron chi connectivity index (χ2n) is 4.19. The first kappa shape index (κ1) is 11.0. The number of piperazine rings is 1. The molecule has 6 heteroatoms. The van der Waals surface area contributed by atoms with Crippen LogP contribution in [-0.2, 0) is 4.79 Å². The van der Waals surface area contributed by atoms with Crippen LogP contribution >= 0.6 is 15.9 Å². The Morgan fingerprint density at radius 3 is 3.12 bits per heavy atom. The highest BCUT2D eigenvalue weighted by molar-refractivity contribution is 9.10. The molecule has 1 amide bonds. The zero-order chi connectivity index (χ0) is 12.0. The van der Waals surface area contributed by atoms with E-state index in [4.69, 9.17) is 0 Å². The molecule has 3 rings (SSSR count). The van der Waals surface area contributed by atoms with Gasteiger partial charge in [0.15, 0.2) is 0 Å². The predicted molar refractivity (Wildman–Crippen MR) is 66.7 cm³/mol. The van der Waals surface area contributed by atoms with E-state index >= 15 is 0 Å². The molecule has 1 fully saturated rings. The van der Waals surface area contributed by atoms with E-state index in [1.807, 2.05) is 4.90 Å². The summed E-state index contributed by atoms with van der Waals surface area (Å²) in [6.07, 6.45) is 0. The Kier molecular flexibility index (Phi) is 2.56. The molecule has 1 saturated heterocycles. The first-order chi connectivity index (χ1) is 8.16. The molecule has 1 aromatic rings. The van der Waals surface area contributed by atoms with Crippen LogP contribution in [0.5, 0.6) is 0 Å². The van der Waals surface area contributed by atoms with Crippen molar-refractivity contribution < 1.29 is 9.18 Å². The lowest BCUT2D eigenvalue weighted by Crippen LogP contribution is -2.58. The van der Waals surface area contributed by atoms with Gasteiger partial charge >= 0.3 is 0 Å². The highest BCUT2D eigenvalue weighted by Gasteiger charge is 2.35. The van der Waals surface area contributed by atoms with Crippen molar-refractivity contribution in [2.75, 3.05) is 29.9 Å². The molecule has 0 saturated carbocycles. The van der Waals surface area contributed by atoms with E-state index in [0.29, 0.717) is 23.2 Å². The summed E-state index contributed by atoms with van der Waals surface area (Å²) in [5.74, 6) is -0.347. The van der Waals surface area contributed by atoms with Gasteiger partial charge in [0.2, 0.25) is 5.91 Å². The molecule has 2 aliphatic heterocycles. The minimum atomic E-state index is -0.308. The van der Waals surface area contributed by atoms with Crippen LogP contribution in [0.15, 0.2) is 16.6 Å². The molecule has 1 atom stereocenters. The van der Waals surface area contributed by atoms with Crippen LogP contribution in [-0.4, -0.2) is 31.6 Å². The van der Waals surface area contributed by atoms with E-state index < -0.39 is 0 Å². The van der Waals surface area contributed by atoms with Crippen molar-refractivity contribution in [3.8, 4) is 0 Å². The largest absolute Gasteiger partial charge is 0.355 e. The number of carbonyl (C=O) groups is 1. The predicted octanol–water partition coefficient (Wildman–Crippen LogP) is 1.32. The SMILES string of the molecule is O=C1Nc2cc(Br)c(F)cc2N2CCNCC12. The number of nitrogens with one attached hydrogen (secondary N) is 2. The number of amides is 1. The summed E-state index contributed by atoms with van der Waals surface area (Å²) in [6.45, 7) is 2.12. The number of benzene rings is 1. The van der Waals surface area contributed by atoms with Gasteiger partial charge in [-0.15, -0.1) is 0 Å². The highest BCUT2D eigenvalue weighted by atomic mass is 79.9. The molecular weight excluding hydrogens is 289 g/mol. The summed E-state index contributed by atoms with van der Waals surface area (Å²) in [6, 6.07) is 2.84. The second-order valence-corrected chi connectivity index (χ2v) is 5.04. The van der Waals surface area contributed by atoms with Gasteiger partial charge in [-0.3, -0.25) is 4.79 Å². The van der Waals surface area contributed by atoms with Crippen LogP contribution in [0.25, 0.3) is 0 Å². The number of rotatable bonds is 0. The summed E-state index contributed by atoms with van der Waals surface area (Å²) in [5.41, 5.74) is 1.43. The van der Waals surface area contributed by atoms with Crippen molar-refractivity contribution in [2.24, 2.45) is 0 Å². The topological polar surface area (TPSA) is 44.4 Å². The minimum absolute atomic E-state index is 0.0387. The third kappa shape index (κ3) is 1.71. The maximum Gasteiger partial charge on any atom is 0.248 e. The number of hydrogen-bond acceptors (Lipinski definition) is 3. The van der Waals surface area contributed by atoms with Gasteiger partial charge in [-0.1, -0.05) is 0 Å². The molecule has 1 aromatic carbocycles. The van der Waals surface area contributed by atoms with Gasteiger partial charge in [0.05, 0.1) is 15.8 Å². The van der Waals surface area contributed by atoms with Gasteiger partial charge in [0, 0.05) is 25.7 Å². The third-order valence-electron chi connectivity index (χ3n) is 3.15. The van der Waals surface area contributed by atoms with Crippen molar-refractivity contribution in [3.05, 3.63) is 22.4 Å².